The summed E-state index contributed by atoms with van der Waals surface area (Å²) in [6, 6.07) is 20.1. The van der Waals surface area contributed by atoms with Gasteiger partial charge in [-0.3, -0.25) is 9.78 Å². The summed E-state index contributed by atoms with van der Waals surface area (Å²) in [4.78, 5) is 16.1. The van der Waals surface area contributed by atoms with Gasteiger partial charge in [0.2, 0.25) is 0 Å². The summed E-state index contributed by atoms with van der Waals surface area (Å²) in [5, 5.41) is 16.8. The van der Waals surface area contributed by atoms with Gasteiger partial charge in [-0.2, -0.15) is 0 Å². The molecule has 1 aliphatic heterocycles. The Hall–Kier alpha value is -3.25. The Kier molecular flexibility index (Phi) is 6.09. The molecule has 5 rings (SSSR count). The van der Waals surface area contributed by atoms with Gasteiger partial charge in [-0.1, -0.05) is 61.5 Å². The van der Waals surface area contributed by atoms with Crippen LogP contribution in [0.4, 0.5) is 10.1 Å². The lowest BCUT2D eigenvalue weighted by Gasteiger charge is -2.33. The highest BCUT2D eigenvalue weighted by atomic mass is 19.1. The first-order valence-electron chi connectivity index (χ1n) is 12.0. The molecule has 2 aromatic carbocycles. The Morgan fingerprint density at radius 1 is 1.18 bits per heavy atom. The molecule has 3 aromatic rings. The molecule has 0 radical (unpaired) electrons. The highest BCUT2D eigenvalue weighted by molar-refractivity contribution is 5.85. The molecular weight excluding hydrogens is 429 g/mol. The fraction of sp³-hybridized carbons (Fsp3) is 0.357. The average molecular weight is 460 g/mol. The van der Waals surface area contributed by atoms with E-state index in [1.807, 2.05) is 18.2 Å². The van der Waals surface area contributed by atoms with Crippen molar-refractivity contribution in [1.29, 1.82) is 0 Å². The third kappa shape index (κ3) is 4.42. The van der Waals surface area contributed by atoms with Crippen molar-refractivity contribution in [2.45, 2.75) is 43.6 Å². The zero-order valence-corrected chi connectivity index (χ0v) is 19.3. The smallest absolute Gasteiger partial charge is 0.314 e. The molecule has 0 amide bonds. The number of halogens is 1. The molecule has 1 aromatic heterocycles. The minimum absolute atomic E-state index is 0.105. The molecule has 1 fully saturated rings. The van der Waals surface area contributed by atoms with Crippen LogP contribution in [0.3, 0.4) is 0 Å². The molecule has 6 heteroatoms. The van der Waals surface area contributed by atoms with Crippen LogP contribution in [0.2, 0.25) is 0 Å². The second-order valence-corrected chi connectivity index (χ2v) is 9.70. The van der Waals surface area contributed by atoms with Crippen LogP contribution in [0.5, 0.6) is 0 Å². The van der Waals surface area contributed by atoms with E-state index in [0.717, 1.165) is 42.0 Å². The quantitative estimate of drug-likeness (QED) is 0.439. The van der Waals surface area contributed by atoms with E-state index in [-0.39, 0.29) is 23.7 Å². The van der Waals surface area contributed by atoms with E-state index in [0.29, 0.717) is 12.8 Å². The largest absolute Gasteiger partial charge is 0.481 e. The molecule has 3 N–H and O–H groups in total. The minimum Gasteiger partial charge on any atom is -0.481 e. The van der Waals surface area contributed by atoms with Crippen molar-refractivity contribution in [1.82, 2.24) is 10.3 Å². The molecule has 1 saturated carbocycles. The van der Waals surface area contributed by atoms with Gasteiger partial charge in [-0.05, 0) is 41.9 Å². The maximum Gasteiger partial charge on any atom is 0.314 e. The molecular formula is C28H30FN3O2. The normalized spacial score (nSPS) is 20.0. The third-order valence-electron chi connectivity index (χ3n) is 7.39. The number of rotatable bonds is 8. The number of fused-ring (bicyclic) bond motifs is 1. The van der Waals surface area contributed by atoms with Crippen molar-refractivity contribution >= 4 is 11.7 Å². The highest BCUT2D eigenvalue weighted by Crippen LogP contribution is 2.48. The Bertz CT molecular complexity index is 1180. The topological polar surface area (TPSA) is 74.2 Å². The lowest BCUT2D eigenvalue weighted by atomic mass is 9.85. The van der Waals surface area contributed by atoms with E-state index < -0.39 is 11.4 Å². The standard InChI is InChI=1S/C28H30FN3O2/c1-18(20-8-5-9-22(12-20)28(10-11-28)27(33)34)15-32-26(19-6-3-2-4-7-19)21-13-24-25(30-16-21)14-23(29)17-31-24/h2-9,12,14,17-18,21,26,30,32H,10-11,13,15-16H2,1H3,(H,33,34)/t18?,21-,26-/m1/s1. The van der Waals surface area contributed by atoms with Gasteiger partial charge in [0.05, 0.1) is 23.0 Å². The summed E-state index contributed by atoms with van der Waals surface area (Å²) in [7, 11) is 0. The van der Waals surface area contributed by atoms with Gasteiger partial charge in [0, 0.05) is 31.1 Å². The van der Waals surface area contributed by atoms with Gasteiger partial charge in [-0.25, -0.2) is 4.39 Å². The van der Waals surface area contributed by atoms with E-state index in [1.54, 1.807) is 0 Å². The lowest BCUT2D eigenvalue weighted by Crippen LogP contribution is -2.37. The van der Waals surface area contributed by atoms with Crippen LogP contribution >= 0.6 is 0 Å². The summed E-state index contributed by atoms with van der Waals surface area (Å²) in [5.74, 6) is -0.576. The van der Waals surface area contributed by atoms with Crippen molar-refractivity contribution in [3.8, 4) is 0 Å². The zero-order chi connectivity index (χ0) is 23.7. The fourth-order valence-electron chi connectivity index (χ4n) is 5.11. The molecule has 0 saturated heterocycles. The van der Waals surface area contributed by atoms with Crippen molar-refractivity contribution in [2.75, 3.05) is 18.4 Å². The summed E-state index contributed by atoms with van der Waals surface area (Å²) in [5.41, 5.74) is 4.25. The van der Waals surface area contributed by atoms with E-state index in [2.05, 4.69) is 58.9 Å². The first-order valence-corrected chi connectivity index (χ1v) is 12.0. The predicted molar refractivity (Wildman–Crippen MR) is 130 cm³/mol. The molecule has 5 nitrogen and oxygen atoms in total. The first kappa shape index (κ1) is 22.5. The van der Waals surface area contributed by atoms with E-state index in [4.69, 9.17) is 0 Å². The van der Waals surface area contributed by atoms with Crippen LogP contribution < -0.4 is 10.6 Å². The number of carboxylic acids is 1. The minimum atomic E-state index is -0.724. The third-order valence-corrected chi connectivity index (χ3v) is 7.39. The molecule has 3 atom stereocenters. The van der Waals surface area contributed by atoms with Gasteiger partial charge in [0.25, 0.3) is 0 Å². The Balaban J connectivity index is 1.33. The number of aliphatic carboxylic acids is 1. The van der Waals surface area contributed by atoms with Gasteiger partial charge in [0.15, 0.2) is 0 Å². The fourth-order valence-corrected chi connectivity index (χ4v) is 5.11. The van der Waals surface area contributed by atoms with Gasteiger partial charge >= 0.3 is 5.97 Å². The SMILES string of the molecule is CC(CN[C@H](c1ccccc1)[C@H]1CNc2cc(F)cnc2C1)c1cccc(C2(C(=O)O)CC2)c1. The van der Waals surface area contributed by atoms with Gasteiger partial charge in [0.1, 0.15) is 5.82 Å². The molecule has 2 heterocycles. The number of anilines is 1. The number of benzene rings is 2. The van der Waals surface area contributed by atoms with Crippen molar-refractivity contribution in [3.63, 3.8) is 0 Å². The summed E-state index contributed by atoms with van der Waals surface area (Å²) >= 11 is 0. The summed E-state index contributed by atoms with van der Waals surface area (Å²) in [6.07, 6.45) is 3.47. The van der Waals surface area contributed by atoms with Crippen LogP contribution in [0.1, 0.15) is 54.1 Å². The van der Waals surface area contributed by atoms with Crippen LogP contribution in [-0.4, -0.2) is 29.1 Å². The predicted octanol–water partition coefficient (Wildman–Crippen LogP) is 5.06. The van der Waals surface area contributed by atoms with E-state index in [1.165, 1.54) is 17.8 Å². The van der Waals surface area contributed by atoms with Crippen molar-refractivity contribution in [3.05, 3.63) is 95.1 Å². The highest BCUT2D eigenvalue weighted by Gasteiger charge is 2.51. The Morgan fingerprint density at radius 2 is 1.94 bits per heavy atom. The maximum atomic E-state index is 13.6. The number of pyridine rings is 1. The average Bonchev–Trinajstić information content (AvgIpc) is 3.67. The number of hydrogen-bond acceptors (Lipinski definition) is 4. The van der Waals surface area contributed by atoms with Gasteiger partial charge in [-0.15, -0.1) is 0 Å². The second kappa shape index (κ2) is 9.18. The van der Waals surface area contributed by atoms with Crippen LogP contribution in [0.25, 0.3) is 0 Å². The molecule has 2 aliphatic rings. The number of hydrogen-bond donors (Lipinski definition) is 3. The van der Waals surface area contributed by atoms with Crippen LogP contribution in [0, 0.1) is 11.7 Å². The summed E-state index contributed by atoms with van der Waals surface area (Å²) < 4.78 is 13.6. The Morgan fingerprint density at radius 3 is 2.68 bits per heavy atom. The van der Waals surface area contributed by atoms with Crippen LogP contribution in [0.15, 0.2) is 66.9 Å². The van der Waals surface area contributed by atoms with E-state index in [9.17, 15) is 14.3 Å². The van der Waals surface area contributed by atoms with E-state index >= 15 is 0 Å². The molecule has 176 valence electrons. The molecule has 0 bridgehead atoms. The maximum absolute atomic E-state index is 13.6. The second-order valence-electron chi connectivity index (χ2n) is 9.70. The Labute approximate surface area is 199 Å². The molecule has 1 aliphatic carbocycles. The van der Waals surface area contributed by atoms with Crippen molar-refractivity contribution in [2.24, 2.45) is 5.92 Å². The van der Waals surface area contributed by atoms with Crippen LogP contribution in [-0.2, 0) is 16.6 Å². The zero-order valence-electron chi connectivity index (χ0n) is 19.3. The number of nitrogens with zero attached hydrogens (tertiary/aromatic N) is 1. The number of carbonyl (C=O) groups is 1. The summed E-state index contributed by atoms with van der Waals surface area (Å²) in [6.45, 7) is 3.66. The van der Waals surface area contributed by atoms with Gasteiger partial charge < -0.3 is 15.7 Å². The lowest BCUT2D eigenvalue weighted by molar-refractivity contribution is -0.140. The first-order chi connectivity index (χ1) is 16.5. The monoisotopic (exact) mass is 459 g/mol. The molecule has 1 unspecified atom stereocenters. The number of aromatic nitrogens is 1. The van der Waals surface area contributed by atoms with Crippen molar-refractivity contribution < 1.29 is 14.3 Å². The molecule has 34 heavy (non-hydrogen) atoms. The molecule has 0 spiro atoms. The number of carboxylic acid groups (broad SMARTS) is 1. The number of nitrogens with one attached hydrogen (secondary N) is 2.